The summed E-state index contributed by atoms with van der Waals surface area (Å²) in [5.74, 6) is 0.824. The highest BCUT2D eigenvalue weighted by Gasteiger charge is 2.18. The number of amides is 1. The number of rotatable bonds is 4. The molecule has 0 saturated carbocycles. The molecule has 6 nitrogen and oxygen atoms in total. The first kappa shape index (κ1) is 20.4. The number of benzene rings is 1. The Morgan fingerprint density at radius 1 is 1.19 bits per heavy atom. The molecule has 3 aromatic rings. The lowest BCUT2D eigenvalue weighted by molar-refractivity contribution is 0.0949. The largest absolute Gasteiger partial charge is 0.383 e. The van der Waals surface area contributed by atoms with Crippen LogP contribution in [0.15, 0.2) is 30.6 Å². The van der Waals surface area contributed by atoms with Gasteiger partial charge in [-0.2, -0.15) is 0 Å². The average molecular weight is 367 g/mol. The Bertz CT molecular complexity index is 926. The fourth-order valence-corrected chi connectivity index (χ4v) is 2.93. The first-order chi connectivity index (χ1) is 12.9. The Balaban J connectivity index is 0.00000126. The molecule has 0 saturated heterocycles. The second-order valence-corrected chi connectivity index (χ2v) is 6.66. The zero-order valence-corrected chi connectivity index (χ0v) is 17.0. The maximum atomic E-state index is 12.2. The van der Waals surface area contributed by atoms with Crippen molar-refractivity contribution in [1.29, 1.82) is 0 Å². The van der Waals surface area contributed by atoms with Crippen LogP contribution < -0.4 is 11.1 Å². The van der Waals surface area contributed by atoms with Gasteiger partial charge in [0.05, 0.1) is 5.39 Å². The normalized spacial score (nSPS) is 10.6. The molecule has 144 valence electrons. The van der Waals surface area contributed by atoms with Crippen LogP contribution in [0.1, 0.15) is 43.7 Å². The van der Waals surface area contributed by atoms with Gasteiger partial charge in [-0.1, -0.05) is 39.8 Å². The van der Waals surface area contributed by atoms with Gasteiger partial charge in [-0.15, -0.1) is 0 Å². The second kappa shape index (κ2) is 8.66. The molecule has 3 N–H and O–H groups in total. The molecular formula is C21H29N5O. The van der Waals surface area contributed by atoms with Gasteiger partial charge in [-0.05, 0) is 30.5 Å². The first-order valence-corrected chi connectivity index (χ1v) is 9.34. The molecule has 0 spiro atoms. The van der Waals surface area contributed by atoms with Crippen LogP contribution in [0.2, 0.25) is 0 Å². The highest BCUT2D eigenvalue weighted by molar-refractivity contribution is 6.03. The smallest absolute Gasteiger partial charge is 0.251 e. The lowest BCUT2D eigenvalue weighted by Crippen LogP contribution is -2.27. The van der Waals surface area contributed by atoms with Crippen molar-refractivity contribution in [3.8, 4) is 11.1 Å². The van der Waals surface area contributed by atoms with Gasteiger partial charge >= 0.3 is 0 Å². The van der Waals surface area contributed by atoms with Crippen molar-refractivity contribution < 1.29 is 4.79 Å². The van der Waals surface area contributed by atoms with Gasteiger partial charge in [0, 0.05) is 30.4 Å². The number of aryl methyl sites for hydroxylation is 1. The minimum atomic E-state index is -0.0576. The molecule has 0 atom stereocenters. The predicted octanol–water partition coefficient (Wildman–Crippen LogP) is 3.94. The van der Waals surface area contributed by atoms with Crippen LogP contribution in [0.25, 0.3) is 22.2 Å². The van der Waals surface area contributed by atoms with E-state index in [-0.39, 0.29) is 5.91 Å². The maximum Gasteiger partial charge on any atom is 0.251 e. The van der Waals surface area contributed by atoms with Gasteiger partial charge in [0.2, 0.25) is 0 Å². The third-order valence-corrected chi connectivity index (χ3v) is 4.40. The number of hydrogen-bond acceptors (Lipinski definition) is 4. The van der Waals surface area contributed by atoms with Crippen molar-refractivity contribution in [2.45, 2.75) is 34.6 Å². The standard InChI is InChI=1S/C19H23N5O.C2H6/c1-11(2)9-21-19(25)14-7-5-13(6-8-14)15-12(3)24(4)18-16(15)17(20)22-10-23-18;1-2/h5-8,10-11H,9H2,1-4H3,(H,21,25)(H2,20,22,23);1-2H3. The quantitative estimate of drug-likeness (QED) is 0.731. The number of nitrogens with one attached hydrogen (secondary N) is 1. The number of anilines is 1. The number of aromatic nitrogens is 3. The molecule has 2 aromatic heterocycles. The van der Waals surface area contributed by atoms with E-state index in [1.807, 2.05) is 56.7 Å². The van der Waals surface area contributed by atoms with Gasteiger partial charge in [-0.3, -0.25) is 4.79 Å². The Labute approximate surface area is 160 Å². The minimum Gasteiger partial charge on any atom is -0.383 e. The Morgan fingerprint density at radius 3 is 2.41 bits per heavy atom. The highest BCUT2D eigenvalue weighted by atomic mass is 16.1. The minimum absolute atomic E-state index is 0.0576. The lowest BCUT2D eigenvalue weighted by atomic mass is 10.0. The molecule has 0 fully saturated rings. The molecule has 27 heavy (non-hydrogen) atoms. The summed E-state index contributed by atoms with van der Waals surface area (Å²) >= 11 is 0. The summed E-state index contributed by atoms with van der Waals surface area (Å²) in [6.45, 7) is 10.8. The summed E-state index contributed by atoms with van der Waals surface area (Å²) in [7, 11) is 1.96. The zero-order valence-electron chi connectivity index (χ0n) is 17.0. The molecule has 6 heteroatoms. The van der Waals surface area contributed by atoms with Crippen LogP contribution in [-0.2, 0) is 7.05 Å². The lowest BCUT2D eigenvalue weighted by Gasteiger charge is -2.09. The number of nitrogen functional groups attached to an aromatic ring is 1. The summed E-state index contributed by atoms with van der Waals surface area (Å²) in [6, 6.07) is 7.56. The molecule has 0 unspecified atom stereocenters. The van der Waals surface area contributed by atoms with Crippen LogP contribution in [0, 0.1) is 12.8 Å². The Hall–Kier alpha value is -2.89. The SMILES string of the molecule is CC.Cc1c(-c2ccc(C(=O)NCC(C)C)cc2)c2c(N)ncnc2n1C. The summed E-state index contributed by atoms with van der Waals surface area (Å²) in [5.41, 5.74) is 10.6. The van der Waals surface area contributed by atoms with E-state index in [9.17, 15) is 4.79 Å². The van der Waals surface area contributed by atoms with Crippen molar-refractivity contribution in [2.24, 2.45) is 13.0 Å². The second-order valence-electron chi connectivity index (χ2n) is 6.66. The van der Waals surface area contributed by atoms with Crippen LogP contribution in [0.3, 0.4) is 0 Å². The molecule has 0 aliphatic heterocycles. The molecule has 1 amide bonds. The van der Waals surface area contributed by atoms with Gasteiger partial charge in [0.25, 0.3) is 5.91 Å². The van der Waals surface area contributed by atoms with Crippen LogP contribution in [-0.4, -0.2) is 27.0 Å². The number of nitrogens with zero attached hydrogens (tertiary/aromatic N) is 3. The highest BCUT2D eigenvalue weighted by Crippen LogP contribution is 2.35. The molecule has 0 aliphatic carbocycles. The average Bonchev–Trinajstić information content (AvgIpc) is 2.94. The van der Waals surface area contributed by atoms with E-state index in [0.717, 1.165) is 27.9 Å². The number of nitrogens with two attached hydrogens (primary N) is 1. The van der Waals surface area contributed by atoms with Crippen molar-refractivity contribution in [2.75, 3.05) is 12.3 Å². The summed E-state index contributed by atoms with van der Waals surface area (Å²) in [5, 5.41) is 3.78. The topological polar surface area (TPSA) is 85.8 Å². The molecule has 2 heterocycles. The van der Waals surface area contributed by atoms with Crippen LogP contribution in [0.5, 0.6) is 0 Å². The number of fused-ring (bicyclic) bond motifs is 1. The van der Waals surface area contributed by atoms with E-state index in [2.05, 4.69) is 29.1 Å². The zero-order chi connectivity index (χ0) is 20.1. The summed E-state index contributed by atoms with van der Waals surface area (Å²) in [6.07, 6.45) is 1.48. The van der Waals surface area contributed by atoms with Crippen LogP contribution in [0.4, 0.5) is 5.82 Å². The summed E-state index contributed by atoms with van der Waals surface area (Å²) in [4.78, 5) is 20.6. The number of carbonyl (C=O) groups is 1. The Morgan fingerprint density at radius 2 is 1.81 bits per heavy atom. The molecule has 1 aromatic carbocycles. The fourth-order valence-electron chi connectivity index (χ4n) is 2.93. The predicted molar refractivity (Wildman–Crippen MR) is 112 cm³/mol. The Kier molecular flexibility index (Phi) is 6.55. The fraction of sp³-hybridized carbons (Fsp3) is 0.381. The van der Waals surface area contributed by atoms with E-state index in [1.54, 1.807) is 0 Å². The molecule has 0 aliphatic rings. The van der Waals surface area contributed by atoms with E-state index in [0.29, 0.717) is 23.8 Å². The molecule has 0 radical (unpaired) electrons. The van der Waals surface area contributed by atoms with Crippen molar-refractivity contribution >= 4 is 22.8 Å². The first-order valence-electron chi connectivity index (χ1n) is 9.34. The van der Waals surface area contributed by atoms with Gasteiger partial charge < -0.3 is 15.6 Å². The maximum absolute atomic E-state index is 12.2. The molecule has 3 rings (SSSR count). The molecular weight excluding hydrogens is 338 g/mol. The van der Waals surface area contributed by atoms with E-state index in [4.69, 9.17) is 5.73 Å². The third kappa shape index (κ3) is 4.10. The van der Waals surface area contributed by atoms with Crippen LogP contribution >= 0.6 is 0 Å². The van der Waals surface area contributed by atoms with E-state index < -0.39 is 0 Å². The number of hydrogen-bond donors (Lipinski definition) is 2. The van der Waals surface area contributed by atoms with E-state index in [1.165, 1.54) is 6.33 Å². The summed E-state index contributed by atoms with van der Waals surface area (Å²) < 4.78 is 2.01. The number of carbonyl (C=O) groups excluding carboxylic acids is 1. The third-order valence-electron chi connectivity index (χ3n) is 4.40. The monoisotopic (exact) mass is 367 g/mol. The van der Waals surface area contributed by atoms with Crippen molar-refractivity contribution in [3.05, 3.63) is 41.9 Å². The van der Waals surface area contributed by atoms with Gasteiger partial charge in [0.1, 0.15) is 17.8 Å². The van der Waals surface area contributed by atoms with Crippen molar-refractivity contribution in [3.63, 3.8) is 0 Å². The van der Waals surface area contributed by atoms with Gasteiger partial charge in [-0.25, -0.2) is 9.97 Å². The van der Waals surface area contributed by atoms with E-state index >= 15 is 0 Å². The van der Waals surface area contributed by atoms with Crippen molar-refractivity contribution in [1.82, 2.24) is 19.9 Å². The molecule has 0 bridgehead atoms. The van der Waals surface area contributed by atoms with Gasteiger partial charge in [0.15, 0.2) is 0 Å².